The molecule has 1 aliphatic heterocycles. The summed E-state index contributed by atoms with van der Waals surface area (Å²) < 4.78 is 12.1. The minimum Gasteiger partial charge on any atom is -0.486 e. The van der Waals surface area contributed by atoms with Crippen molar-refractivity contribution in [3.63, 3.8) is 0 Å². The first-order valence-electron chi connectivity index (χ1n) is 6.89. The Morgan fingerprint density at radius 1 is 1.30 bits per heavy atom. The van der Waals surface area contributed by atoms with E-state index in [4.69, 9.17) is 9.47 Å². The molecule has 1 saturated carbocycles. The zero-order valence-electron chi connectivity index (χ0n) is 11.4. The standard InChI is InChI=1S/C15H17BrO4/c1-9-12(15(14(17)18)4-2-3-5-15)10(16)8-11-13(9)20-7-6-19-11/h8H,2-7H2,1H3,(H,17,18). The molecule has 1 aromatic rings. The normalized spacial score (nSPS) is 19.9. The van der Waals surface area contributed by atoms with Gasteiger partial charge in [0.1, 0.15) is 13.2 Å². The van der Waals surface area contributed by atoms with E-state index in [1.165, 1.54) is 0 Å². The maximum Gasteiger partial charge on any atom is 0.314 e. The van der Waals surface area contributed by atoms with E-state index in [-0.39, 0.29) is 0 Å². The van der Waals surface area contributed by atoms with E-state index in [1.807, 2.05) is 13.0 Å². The SMILES string of the molecule is Cc1c2c(cc(Br)c1C1(C(=O)O)CCCC1)OCCO2. The van der Waals surface area contributed by atoms with Crippen molar-refractivity contribution in [3.05, 3.63) is 21.7 Å². The molecule has 3 rings (SSSR count). The van der Waals surface area contributed by atoms with Crippen LogP contribution in [0.3, 0.4) is 0 Å². The summed E-state index contributed by atoms with van der Waals surface area (Å²) in [6.07, 6.45) is 3.27. The zero-order valence-corrected chi connectivity index (χ0v) is 13.0. The molecule has 20 heavy (non-hydrogen) atoms. The minimum atomic E-state index is -0.793. The summed E-state index contributed by atoms with van der Waals surface area (Å²) in [7, 11) is 0. The molecule has 0 aromatic heterocycles. The summed E-state index contributed by atoms with van der Waals surface area (Å²) in [5.74, 6) is 0.653. The van der Waals surface area contributed by atoms with Gasteiger partial charge in [-0.1, -0.05) is 28.8 Å². The number of carboxylic acids is 1. The molecular weight excluding hydrogens is 324 g/mol. The van der Waals surface area contributed by atoms with Crippen LogP contribution in [0.2, 0.25) is 0 Å². The molecule has 2 aliphatic rings. The van der Waals surface area contributed by atoms with Crippen LogP contribution in [-0.2, 0) is 10.2 Å². The lowest BCUT2D eigenvalue weighted by Gasteiger charge is -2.30. The number of fused-ring (bicyclic) bond motifs is 1. The van der Waals surface area contributed by atoms with Crippen molar-refractivity contribution < 1.29 is 19.4 Å². The Bertz CT molecular complexity index is 561. The molecule has 1 heterocycles. The van der Waals surface area contributed by atoms with Gasteiger partial charge in [0.2, 0.25) is 0 Å². The quantitative estimate of drug-likeness (QED) is 0.896. The Morgan fingerprint density at radius 3 is 2.60 bits per heavy atom. The third-order valence-corrected chi connectivity index (χ3v) is 4.99. The van der Waals surface area contributed by atoms with E-state index in [1.54, 1.807) is 0 Å². The van der Waals surface area contributed by atoms with E-state index >= 15 is 0 Å². The van der Waals surface area contributed by atoms with Crippen LogP contribution in [0.4, 0.5) is 0 Å². The van der Waals surface area contributed by atoms with Crippen LogP contribution in [0, 0.1) is 6.92 Å². The number of halogens is 1. The molecule has 0 unspecified atom stereocenters. The highest BCUT2D eigenvalue weighted by Gasteiger charge is 2.46. The first-order valence-corrected chi connectivity index (χ1v) is 7.68. The number of rotatable bonds is 2. The molecule has 1 aromatic carbocycles. The molecule has 0 saturated heterocycles. The van der Waals surface area contributed by atoms with Crippen LogP contribution in [-0.4, -0.2) is 24.3 Å². The van der Waals surface area contributed by atoms with Gasteiger partial charge in [0.05, 0.1) is 5.41 Å². The van der Waals surface area contributed by atoms with Crippen molar-refractivity contribution in [2.45, 2.75) is 38.0 Å². The maximum atomic E-state index is 11.9. The van der Waals surface area contributed by atoms with Gasteiger partial charge in [0, 0.05) is 10.0 Å². The lowest BCUT2D eigenvalue weighted by molar-refractivity contribution is -0.143. The monoisotopic (exact) mass is 340 g/mol. The molecule has 4 nitrogen and oxygen atoms in total. The molecule has 0 spiro atoms. The second-order valence-electron chi connectivity index (χ2n) is 5.48. The highest BCUT2D eigenvalue weighted by molar-refractivity contribution is 9.10. The molecule has 108 valence electrons. The second kappa shape index (κ2) is 4.95. The van der Waals surface area contributed by atoms with Crippen LogP contribution in [0.25, 0.3) is 0 Å². The Labute approximate surface area is 126 Å². The lowest BCUT2D eigenvalue weighted by atomic mass is 9.76. The van der Waals surface area contributed by atoms with Crippen molar-refractivity contribution in [3.8, 4) is 11.5 Å². The molecule has 1 fully saturated rings. The highest BCUT2D eigenvalue weighted by atomic mass is 79.9. The smallest absolute Gasteiger partial charge is 0.314 e. The topological polar surface area (TPSA) is 55.8 Å². The van der Waals surface area contributed by atoms with E-state index in [2.05, 4.69) is 15.9 Å². The number of carbonyl (C=O) groups is 1. The van der Waals surface area contributed by atoms with Crippen molar-refractivity contribution in [1.82, 2.24) is 0 Å². The third-order valence-electron chi connectivity index (χ3n) is 4.37. The molecular formula is C15H17BrO4. The molecule has 0 radical (unpaired) electrons. The summed E-state index contributed by atoms with van der Waals surface area (Å²) in [5.41, 5.74) is 0.948. The fourth-order valence-corrected chi connectivity index (χ4v) is 4.33. The Hall–Kier alpha value is -1.23. The van der Waals surface area contributed by atoms with Crippen LogP contribution in [0.1, 0.15) is 36.8 Å². The number of benzene rings is 1. The molecule has 1 N–H and O–H groups in total. The molecule has 0 amide bonds. The fourth-order valence-electron chi connectivity index (χ4n) is 3.45. The van der Waals surface area contributed by atoms with Gasteiger partial charge >= 0.3 is 5.97 Å². The first-order chi connectivity index (χ1) is 9.56. The van der Waals surface area contributed by atoms with Gasteiger partial charge in [-0.25, -0.2) is 0 Å². The number of carboxylic acid groups (broad SMARTS) is 1. The van der Waals surface area contributed by atoms with E-state index < -0.39 is 11.4 Å². The summed E-state index contributed by atoms with van der Waals surface area (Å²) in [4.78, 5) is 11.9. The minimum absolute atomic E-state index is 0.509. The van der Waals surface area contributed by atoms with Gasteiger partial charge in [0.25, 0.3) is 0 Å². The average molecular weight is 341 g/mol. The highest BCUT2D eigenvalue weighted by Crippen LogP contribution is 2.50. The zero-order chi connectivity index (χ0) is 14.3. The van der Waals surface area contributed by atoms with Crippen LogP contribution < -0.4 is 9.47 Å². The summed E-state index contributed by atoms with van der Waals surface area (Å²) >= 11 is 3.54. The molecule has 0 atom stereocenters. The van der Waals surface area contributed by atoms with Crippen LogP contribution in [0.5, 0.6) is 11.5 Å². The average Bonchev–Trinajstić information content (AvgIpc) is 2.89. The number of hydrogen-bond acceptors (Lipinski definition) is 3. The second-order valence-corrected chi connectivity index (χ2v) is 6.33. The predicted molar refractivity (Wildman–Crippen MR) is 77.7 cm³/mol. The van der Waals surface area contributed by atoms with Crippen LogP contribution in [0.15, 0.2) is 10.5 Å². The van der Waals surface area contributed by atoms with E-state index in [0.29, 0.717) is 37.6 Å². The van der Waals surface area contributed by atoms with Crippen molar-refractivity contribution >= 4 is 21.9 Å². The first kappa shape index (κ1) is 13.7. The van der Waals surface area contributed by atoms with Crippen LogP contribution >= 0.6 is 15.9 Å². The van der Waals surface area contributed by atoms with Gasteiger partial charge in [-0.15, -0.1) is 0 Å². The van der Waals surface area contributed by atoms with E-state index in [9.17, 15) is 9.90 Å². The maximum absolute atomic E-state index is 11.9. The molecule has 5 heteroatoms. The lowest BCUT2D eigenvalue weighted by Crippen LogP contribution is -2.34. The summed E-state index contributed by atoms with van der Waals surface area (Å²) in [5, 5.41) is 9.78. The predicted octanol–water partition coefficient (Wildman–Crippen LogP) is 3.43. The summed E-state index contributed by atoms with van der Waals surface area (Å²) in [6, 6.07) is 1.85. The number of aliphatic carboxylic acids is 1. The fraction of sp³-hybridized carbons (Fsp3) is 0.533. The Kier molecular flexibility index (Phi) is 3.40. The van der Waals surface area contributed by atoms with Gasteiger partial charge < -0.3 is 14.6 Å². The molecule has 0 bridgehead atoms. The van der Waals surface area contributed by atoms with Gasteiger partial charge in [-0.3, -0.25) is 4.79 Å². The van der Waals surface area contributed by atoms with Gasteiger partial charge in [-0.2, -0.15) is 0 Å². The van der Waals surface area contributed by atoms with Gasteiger partial charge in [-0.05, 0) is 31.4 Å². The largest absolute Gasteiger partial charge is 0.486 e. The Morgan fingerprint density at radius 2 is 1.95 bits per heavy atom. The Balaban J connectivity index is 2.20. The number of ether oxygens (including phenoxy) is 2. The summed E-state index contributed by atoms with van der Waals surface area (Å²) in [6.45, 7) is 2.97. The number of hydrogen-bond donors (Lipinski definition) is 1. The molecule has 1 aliphatic carbocycles. The van der Waals surface area contributed by atoms with Crippen molar-refractivity contribution in [1.29, 1.82) is 0 Å². The third kappa shape index (κ3) is 1.91. The van der Waals surface area contributed by atoms with Crippen molar-refractivity contribution in [2.24, 2.45) is 0 Å². The van der Waals surface area contributed by atoms with Gasteiger partial charge in [0.15, 0.2) is 11.5 Å². The van der Waals surface area contributed by atoms with E-state index in [0.717, 1.165) is 28.4 Å². The van der Waals surface area contributed by atoms with Crippen molar-refractivity contribution in [2.75, 3.05) is 13.2 Å².